The van der Waals surface area contributed by atoms with E-state index < -0.39 is 17.5 Å². The summed E-state index contributed by atoms with van der Waals surface area (Å²) in [5.41, 5.74) is -0.0621. The van der Waals surface area contributed by atoms with Gasteiger partial charge in [0.15, 0.2) is 0 Å². The Balaban J connectivity index is 1.57. The Labute approximate surface area is 178 Å². The summed E-state index contributed by atoms with van der Waals surface area (Å²) in [5, 5.41) is 16.9. The van der Waals surface area contributed by atoms with Gasteiger partial charge in [-0.2, -0.15) is 0 Å². The maximum absolute atomic E-state index is 13.7. The largest absolute Gasteiger partial charge is 0.438 e. The van der Waals surface area contributed by atoms with Gasteiger partial charge in [-0.25, -0.2) is 18.6 Å². The average Bonchev–Trinajstić information content (AvgIpc) is 2.76. The van der Waals surface area contributed by atoms with Crippen LogP contribution in [0.4, 0.5) is 13.6 Å². The summed E-state index contributed by atoms with van der Waals surface area (Å²) in [4.78, 5) is 28.3. The van der Waals surface area contributed by atoms with E-state index in [0.29, 0.717) is 25.7 Å². The van der Waals surface area contributed by atoms with Crippen molar-refractivity contribution in [3.05, 3.63) is 53.7 Å². The van der Waals surface area contributed by atoms with Gasteiger partial charge in [-0.3, -0.25) is 4.79 Å². The minimum atomic E-state index is -0.682. The maximum Gasteiger partial charge on any atom is 0.315 e. The molecule has 31 heavy (non-hydrogen) atoms. The molecule has 0 bridgehead atoms. The molecule has 10 heteroatoms. The van der Waals surface area contributed by atoms with Crippen LogP contribution in [0.5, 0.6) is 11.6 Å². The molecule has 166 valence electrons. The van der Waals surface area contributed by atoms with Gasteiger partial charge in [-0.1, -0.05) is 0 Å². The molecule has 0 atom stereocenters. The van der Waals surface area contributed by atoms with Crippen molar-refractivity contribution in [2.75, 3.05) is 13.2 Å². The van der Waals surface area contributed by atoms with Gasteiger partial charge in [0.1, 0.15) is 22.9 Å². The van der Waals surface area contributed by atoms with Crippen LogP contribution < -0.4 is 20.7 Å². The number of halogens is 2. The van der Waals surface area contributed by atoms with Gasteiger partial charge < -0.3 is 25.8 Å². The van der Waals surface area contributed by atoms with Crippen molar-refractivity contribution < 1.29 is 28.2 Å². The summed E-state index contributed by atoms with van der Waals surface area (Å²) in [6.45, 7) is 0.0508. The van der Waals surface area contributed by atoms with Gasteiger partial charge >= 0.3 is 6.03 Å². The molecule has 3 amide bonds. The predicted octanol–water partition coefficient (Wildman–Crippen LogP) is 2.48. The highest BCUT2D eigenvalue weighted by Crippen LogP contribution is 2.25. The molecule has 2 aromatic rings. The number of ether oxygens (including phenoxy) is 1. The minimum Gasteiger partial charge on any atom is -0.438 e. The van der Waals surface area contributed by atoms with Crippen molar-refractivity contribution in [3.8, 4) is 11.6 Å². The quantitative estimate of drug-likeness (QED) is 0.535. The predicted molar refractivity (Wildman–Crippen MR) is 108 cm³/mol. The molecular weight excluding hydrogens is 410 g/mol. The molecule has 4 N–H and O–H groups in total. The molecule has 1 aromatic heterocycles. The molecule has 0 unspecified atom stereocenters. The van der Waals surface area contributed by atoms with Crippen molar-refractivity contribution in [1.29, 1.82) is 0 Å². The number of carbonyl (C=O) groups excluding carboxylic acids is 2. The fourth-order valence-electron chi connectivity index (χ4n) is 3.34. The lowest BCUT2D eigenvalue weighted by atomic mass is 9.91. The Kier molecular flexibility index (Phi) is 7.71. The highest BCUT2D eigenvalue weighted by Gasteiger charge is 2.25. The van der Waals surface area contributed by atoms with Gasteiger partial charge in [0, 0.05) is 18.6 Å². The maximum atomic E-state index is 13.7. The van der Waals surface area contributed by atoms with Crippen LogP contribution >= 0.6 is 0 Å². The van der Waals surface area contributed by atoms with Gasteiger partial charge in [-0.05, 0) is 56.0 Å². The zero-order valence-electron chi connectivity index (χ0n) is 16.7. The van der Waals surface area contributed by atoms with Crippen LogP contribution in [-0.2, 0) is 0 Å². The number of hydrogen-bond donors (Lipinski definition) is 4. The summed E-state index contributed by atoms with van der Waals surface area (Å²) in [6.07, 6.45) is 3.53. The highest BCUT2D eigenvalue weighted by molar-refractivity contribution is 5.96. The van der Waals surface area contributed by atoms with E-state index in [0.717, 1.165) is 12.3 Å². The fourth-order valence-corrected chi connectivity index (χ4v) is 3.34. The monoisotopic (exact) mass is 434 g/mol. The normalized spacial score (nSPS) is 18.2. The van der Waals surface area contributed by atoms with Crippen LogP contribution in [0.25, 0.3) is 0 Å². The number of rotatable bonds is 7. The molecular formula is C21H24F2N4O4. The SMILES string of the molecule is O=C(NCCO)NC1CCC(NC(=O)c2cc(F)cnc2Oc2ccc(F)cc2)CC1. The second-order valence-corrected chi connectivity index (χ2v) is 7.21. The highest BCUT2D eigenvalue weighted by atomic mass is 19.1. The van der Waals surface area contributed by atoms with Gasteiger partial charge in [0.2, 0.25) is 5.88 Å². The number of amides is 3. The Bertz CT molecular complexity index is 903. The van der Waals surface area contributed by atoms with Gasteiger partial charge in [0.25, 0.3) is 5.91 Å². The summed E-state index contributed by atoms with van der Waals surface area (Å²) in [7, 11) is 0. The minimum absolute atomic E-state index is 0.0277. The molecule has 1 aliphatic rings. The number of benzene rings is 1. The molecule has 1 aliphatic carbocycles. The molecule has 0 radical (unpaired) electrons. The van der Waals surface area contributed by atoms with Crippen molar-refractivity contribution in [2.24, 2.45) is 0 Å². The molecule has 8 nitrogen and oxygen atoms in total. The van der Waals surface area contributed by atoms with E-state index in [4.69, 9.17) is 9.84 Å². The van der Waals surface area contributed by atoms with Crippen LogP contribution in [0.2, 0.25) is 0 Å². The Morgan fingerprint density at radius 2 is 1.68 bits per heavy atom. The molecule has 1 saturated carbocycles. The Hall–Kier alpha value is -3.27. The first-order chi connectivity index (χ1) is 14.9. The number of aromatic nitrogens is 1. The molecule has 0 aliphatic heterocycles. The van der Waals surface area contributed by atoms with Crippen LogP contribution in [0.1, 0.15) is 36.0 Å². The third kappa shape index (κ3) is 6.61. The summed E-state index contributed by atoms with van der Waals surface area (Å²) in [5.74, 6) is -1.46. The van der Waals surface area contributed by atoms with E-state index in [1.54, 1.807) is 0 Å². The molecule has 0 saturated heterocycles. The Morgan fingerprint density at radius 3 is 2.32 bits per heavy atom. The number of urea groups is 1. The smallest absolute Gasteiger partial charge is 0.315 e. The van der Waals surface area contributed by atoms with E-state index in [9.17, 15) is 18.4 Å². The van der Waals surface area contributed by atoms with Gasteiger partial charge in [-0.15, -0.1) is 0 Å². The third-order valence-electron chi connectivity index (χ3n) is 4.89. The second kappa shape index (κ2) is 10.7. The zero-order chi connectivity index (χ0) is 22.2. The first-order valence-electron chi connectivity index (χ1n) is 9.99. The van der Waals surface area contributed by atoms with Crippen LogP contribution in [-0.4, -0.2) is 47.3 Å². The van der Waals surface area contributed by atoms with Crippen LogP contribution in [0.3, 0.4) is 0 Å². The lowest BCUT2D eigenvalue weighted by Gasteiger charge is -2.29. The number of pyridine rings is 1. The second-order valence-electron chi connectivity index (χ2n) is 7.21. The standard InChI is InChI=1S/C21H24F2N4O4/c22-13-1-7-17(8-2-13)31-20-18(11-14(23)12-25-20)19(29)26-15-3-5-16(6-4-15)27-21(30)24-9-10-28/h1-2,7-8,11-12,15-16,28H,3-6,9-10H2,(H,26,29)(H2,24,27,30). The number of nitrogens with zero attached hydrogens (tertiary/aromatic N) is 1. The summed E-state index contributed by atoms with van der Waals surface area (Å²) < 4.78 is 32.4. The zero-order valence-corrected chi connectivity index (χ0v) is 16.7. The topological polar surface area (TPSA) is 113 Å². The first-order valence-corrected chi connectivity index (χ1v) is 9.99. The Morgan fingerprint density at radius 1 is 1.03 bits per heavy atom. The number of hydrogen-bond acceptors (Lipinski definition) is 5. The third-order valence-corrected chi connectivity index (χ3v) is 4.89. The van der Waals surface area contributed by atoms with Crippen LogP contribution in [0.15, 0.2) is 36.5 Å². The summed E-state index contributed by atoms with van der Waals surface area (Å²) in [6, 6.07) is 5.70. The molecule has 1 aromatic carbocycles. The van der Waals surface area contributed by atoms with E-state index in [1.165, 1.54) is 24.3 Å². The lowest BCUT2D eigenvalue weighted by Crippen LogP contribution is -2.47. The number of aliphatic hydroxyl groups excluding tert-OH is 1. The molecule has 1 fully saturated rings. The van der Waals surface area contributed by atoms with Crippen LogP contribution in [0, 0.1) is 11.6 Å². The lowest BCUT2D eigenvalue weighted by molar-refractivity contribution is 0.0920. The number of aliphatic hydroxyl groups is 1. The average molecular weight is 434 g/mol. The van der Waals surface area contributed by atoms with Crippen molar-refractivity contribution in [1.82, 2.24) is 20.9 Å². The molecule has 3 rings (SSSR count). The van der Waals surface area contributed by atoms with E-state index in [2.05, 4.69) is 20.9 Å². The van der Waals surface area contributed by atoms with E-state index in [1.807, 2.05) is 0 Å². The van der Waals surface area contributed by atoms with Gasteiger partial charge in [0.05, 0.1) is 12.8 Å². The van der Waals surface area contributed by atoms with E-state index >= 15 is 0 Å². The number of nitrogens with one attached hydrogen (secondary N) is 3. The van der Waals surface area contributed by atoms with Crippen molar-refractivity contribution in [3.63, 3.8) is 0 Å². The molecule has 0 spiro atoms. The van der Waals surface area contributed by atoms with Crippen molar-refractivity contribution >= 4 is 11.9 Å². The fraction of sp³-hybridized carbons (Fsp3) is 0.381. The number of carbonyl (C=O) groups is 2. The summed E-state index contributed by atoms with van der Waals surface area (Å²) >= 11 is 0. The first kappa shape index (κ1) is 22.4. The van der Waals surface area contributed by atoms with Crippen molar-refractivity contribution in [2.45, 2.75) is 37.8 Å². The van der Waals surface area contributed by atoms with E-state index in [-0.39, 0.29) is 48.5 Å². The molecule has 1 heterocycles.